The molecule has 2 fully saturated rings. The molecular weight excluding hydrogens is 861 g/mol. The minimum absolute atomic E-state index is 0.381. The fourth-order valence-corrected chi connectivity index (χ4v) is 264. The minimum Gasteiger partial charge on any atom is -0.326 e. The minimum atomic E-state index is -1.27. The fraction of sp³-hybridized carbons (Fsp3) is 1.00. The first kappa shape index (κ1) is 51.5. The maximum Gasteiger partial charge on any atom is 0.388 e. The summed E-state index contributed by atoms with van der Waals surface area (Å²) in [5.74, 6) is 2.56. The Bertz CT molecular complexity index is 941. The van der Waals surface area contributed by atoms with Crippen LogP contribution in [0.3, 0.4) is 0 Å². The van der Waals surface area contributed by atoms with Crippen LogP contribution >= 0.6 is 34.0 Å². The summed E-state index contributed by atoms with van der Waals surface area (Å²) in [7, 11) is -0.199. The summed E-state index contributed by atoms with van der Waals surface area (Å²) in [5.41, 5.74) is 0. The molecule has 17 heteroatoms. The van der Waals surface area contributed by atoms with Gasteiger partial charge >= 0.3 is 47.5 Å². The molecule has 0 nitrogen and oxygen atoms in total. The largest absolute Gasteiger partial charge is 0.388 e. The van der Waals surface area contributed by atoms with Crippen LogP contribution in [0.5, 0.6) is 0 Å². The smallest absolute Gasteiger partial charge is 0.326 e. The van der Waals surface area contributed by atoms with Gasteiger partial charge in [0.15, 0.2) is 0 Å². The lowest BCUT2D eigenvalue weighted by Crippen LogP contribution is -2.77. The van der Waals surface area contributed by atoms with E-state index in [1.54, 1.807) is 0 Å². The summed E-state index contributed by atoms with van der Waals surface area (Å²) in [6, 6.07) is 0. The Morgan fingerprint density at radius 3 is 0.479 bits per heavy atom. The topological polar surface area (TPSA) is 0 Å². The van der Waals surface area contributed by atoms with Crippen molar-refractivity contribution in [3.8, 4) is 0 Å². The van der Waals surface area contributed by atoms with Crippen LogP contribution in [0, 0.1) is 0 Å². The summed E-state index contributed by atoms with van der Waals surface area (Å²) < 4.78 is 2.59. The van der Waals surface area contributed by atoms with Gasteiger partial charge in [-0.1, -0.05) is 192 Å². The molecule has 280 valence electrons. The normalized spacial score (nSPS) is 18.8. The summed E-state index contributed by atoms with van der Waals surface area (Å²) in [5, 5.41) is 0. The molecule has 2 saturated heterocycles. The van der Waals surface area contributed by atoms with E-state index in [2.05, 4.69) is 217 Å². The second-order valence-electron chi connectivity index (χ2n) is 24.8. The first-order chi connectivity index (χ1) is 20.5. The van der Waals surface area contributed by atoms with Crippen LogP contribution in [0.15, 0.2) is 0 Å². The summed E-state index contributed by atoms with van der Waals surface area (Å²) in [4.78, 5) is 0. The van der Waals surface area contributed by atoms with Crippen molar-refractivity contribution in [2.24, 2.45) is 0 Å². The molecule has 0 saturated carbocycles. The molecule has 0 aromatic heterocycles. The molecule has 0 aliphatic carbocycles. The Morgan fingerprint density at radius 1 is 0.250 bits per heavy atom. The van der Waals surface area contributed by atoms with Gasteiger partial charge in [0, 0.05) is 72.7 Å². The van der Waals surface area contributed by atoms with Crippen molar-refractivity contribution in [1.82, 2.24) is 0 Å². The lowest BCUT2D eigenvalue weighted by Gasteiger charge is -2.69. The molecule has 2 aliphatic heterocycles. The average molecular weight is 946 g/mol. The molecule has 0 spiro atoms. The van der Waals surface area contributed by atoms with E-state index in [4.69, 9.17) is 0 Å². The van der Waals surface area contributed by atoms with E-state index in [0.29, 0.717) is 0 Å². The van der Waals surface area contributed by atoms with Gasteiger partial charge in [-0.3, -0.25) is 0 Å². The lowest BCUT2D eigenvalue weighted by molar-refractivity contribution is 1.23. The Labute approximate surface area is 341 Å². The molecule has 0 N–H and O–H groups in total. The molecule has 0 amide bonds. The SMILES string of the molecule is C[Si](C)(C)[C]([Al]1[S][Al]([C]([Si](C)(C)C)([Si](C)(C)C)[Si](C)(C)C)[S]1)([Si](C)(C)C)[Si](C)(C)C.[CH3][Al]1[S][Al]([C]([Si](C)(C)C)([Si](C)(C)C)[Si](C)(C)C)[S]1. The zero-order valence-corrected chi connectivity index (χ0v) is 54.8. The Hall–Kier alpha value is 5.48. The molecule has 2 aliphatic rings. The standard InChI is InChI=1S/3C10H27Si3.CH3.4Al.4S/c3*1-11(2,3)10(12(4,5)6)13(7,8)9;;;;;;;;;/h3*1-9H3;1H3;;;;;;;;. The number of hydrogen-bond acceptors (Lipinski definition) is 4. The van der Waals surface area contributed by atoms with Gasteiger partial charge in [-0.15, -0.1) is 0 Å². The van der Waals surface area contributed by atoms with Crippen LogP contribution in [-0.2, 0) is 0 Å². The molecule has 2 rings (SSSR count). The fourth-order valence-electron chi connectivity index (χ4n) is 14.5. The van der Waals surface area contributed by atoms with Gasteiger partial charge < -0.3 is 34.0 Å². The lowest BCUT2D eigenvalue weighted by atomic mass is 11.6. The van der Waals surface area contributed by atoms with E-state index >= 15 is 0 Å². The highest BCUT2D eigenvalue weighted by atomic mass is 32.8. The predicted octanol–water partition coefficient (Wildman–Crippen LogP) is 14.6. The van der Waals surface area contributed by atoms with Gasteiger partial charge in [0.1, 0.15) is 0 Å². The summed E-state index contributed by atoms with van der Waals surface area (Å²) in [6.07, 6.45) is 0. The van der Waals surface area contributed by atoms with Gasteiger partial charge in [-0.2, -0.15) is 0 Å². The molecule has 0 atom stereocenters. The third-order valence-electron chi connectivity index (χ3n) is 12.8. The molecule has 2 heterocycles. The van der Waals surface area contributed by atoms with Crippen LogP contribution in [0.4, 0.5) is 0 Å². The second kappa shape index (κ2) is 15.9. The van der Waals surface area contributed by atoms with E-state index in [0.717, 1.165) is 9.44 Å². The molecular formula is C31H84Al4S4Si9. The first-order valence-electron chi connectivity index (χ1n) is 19.1. The average Bonchev–Trinajstić information content (AvgIpc) is 2.62. The molecule has 0 aromatic rings. The van der Waals surface area contributed by atoms with Crippen molar-refractivity contribution in [1.29, 1.82) is 0 Å². The van der Waals surface area contributed by atoms with Gasteiger partial charge in [-0.25, -0.2) is 0 Å². The second-order valence-corrected chi connectivity index (χ2v) is 118. The zero-order valence-electron chi connectivity index (χ0n) is 37.9. The first-order valence-corrected chi connectivity index (χ1v) is 68.6. The third kappa shape index (κ3) is 9.04. The Balaban J connectivity index is 0.000000544. The summed E-state index contributed by atoms with van der Waals surface area (Å²) in [6.45, 7) is 74.2. The highest BCUT2D eigenvalue weighted by Gasteiger charge is 2.76. The van der Waals surface area contributed by atoms with Crippen LogP contribution < -0.4 is 0 Å². The maximum absolute atomic E-state index is 2.80. The van der Waals surface area contributed by atoms with Crippen molar-refractivity contribution >= 4 is 154 Å². The molecule has 0 unspecified atom stereocenters. The highest BCUT2D eigenvalue weighted by Crippen LogP contribution is 2.72. The van der Waals surface area contributed by atoms with E-state index in [-0.39, 0.29) is 11.9 Å². The molecule has 0 bridgehead atoms. The van der Waals surface area contributed by atoms with Crippen LogP contribution in [0.25, 0.3) is 0 Å². The van der Waals surface area contributed by atoms with Crippen molar-refractivity contribution in [2.75, 3.05) is 0 Å². The van der Waals surface area contributed by atoms with Gasteiger partial charge in [0.05, 0.1) is 0 Å². The molecule has 0 aromatic carbocycles. The third-order valence-corrected chi connectivity index (χ3v) is 179. The van der Waals surface area contributed by atoms with Crippen LogP contribution in [0.1, 0.15) is 0 Å². The number of rotatable bonds is 12. The van der Waals surface area contributed by atoms with Gasteiger partial charge in [0.25, 0.3) is 0 Å². The highest BCUT2D eigenvalue weighted by molar-refractivity contribution is 8.94. The van der Waals surface area contributed by atoms with E-state index in [1.165, 1.54) is 0 Å². The maximum atomic E-state index is 2.80. The zero-order chi connectivity index (χ0) is 39.1. The Kier molecular flexibility index (Phi) is 17.1. The quantitative estimate of drug-likeness (QED) is 0.179. The van der Waals surface area contributed by atoms with E-state index < -0.39 is 108 Å². The van der Waals surface area contributed by atoms with Crippen molar-refractivity contribution < 1.29 is 0 Å². The summed E-state index contributed by atoms with van der Waals surface area (Å²) >= 11 is -2.69. The predicted molar refractivity (Wildman–Crippen MR) is 277 cm³/mol. The number of hydrogen-bond donors (Lipinski definition) is 0. The Morgan fingerprint density at radius 2 is 0.375 bits per heavy atom. The van der Waals surface area contributed by atoms with Gasteiger partial charge in [-0.05, 0) is 0 Å². The van der Waals surface area contributed by atoms with E-state index in [1.807, 2.05) is 0 Å². The van der Waals surface area contributed by atoms with E-state index in [9.17, 15) is 0 Å². The van der Waals surface area contributed by atoms with Crippen molar-refractivity contribution in [2.45, 2.75) is 192 Å². The van der Waals surface area contributed by atoms with Crippen LogP contribution in [-0.4, -0.2) is 120 Å². The van der Waals surface area contributed by atoms with Crippen molar-refractivity contribution in [3.05, 3.63) is 0 Å². The van der Waals surface area contributed by atoms with Crippen molar-refractivity contribution in [3.63, 3.8) is 0 Å². The monoisotopic (exact) mass is 944 g/mol. The van der Waals surface area contributed by atoms with Crippen LogP contribution in [0.2, 0.25) is 192 Å². The molecule has 48 heavy (non-hydrogen) atoms. The molecule has 0 radical (unpaired) electrons. The van der Waals surface area contributed by atoms with Gasteiger partial charge in [0.2, 0.25) is 0 Å².